The van der Waals surface area contributed by atoms with E-state index in [-0.39, 0.29) is 0 Å². The third-order valence-electron chi connectivity index (χ3n) is 0.913. The van der Waals surface area contributed by atoms with Gasteiger partial charge in [-0.05, 0) is 0 Å². The van der Waals surface area contributed by atoms with E-state index in [1.165, 1.54) is 6.54 Å². The lowest BCUT2D eigenvalue weighted by Crippen LogP contribution is -2.33. The molecule has 0 amide bonds. The van der Waals surface area contributed by atoms with Crippen LogP contribution in [0.5, 0.6) is 0 Å². The van der Waals surface area contributed by atoms with Crippen molar-refractivity contribution in [3.05, 3.63) is 6.54 Å². The van der Waals surface area contributed by atoms with Crippen LogP contribution >= 0.6 is 11.8 Å². The lowest BCUT2D eigenvalue weighted by molar-refractivity contribution is -0.131. The van der Waals surface area contributed by atoms with E-state index in [0.717, 1.165) is 11.8 Å². The van der Waals surface area contributed by atoms with Gasteiger partial charge in [0, 0.05) is 12.3 Å². The van der Waals surface area contributed by atoms with E-state index in [1.807, 2.05) is 0 Å². The minimum Gasteiger partial charge on any atom is -0.293 e. The lowest BCUT2D eigenvalue weighted by atomic mass is 10.6. The number of alkyl halides is 3. The number of nitrogens with one attached hydrogen (secondary N) is 1. The Morgan fingerprint density at radius 3 is 2.44 bits per heavy atom. The molecule has 1 atom stereocenters. The first-order valence-corrected chi connectivity index (χ1v) is 3.41. The monoisotopic (exact) mass is 156 g/mol. The molecule has 1 aliphatic rings. The maximum atomic E-state index is 11.7. The SMILES string of the molecule is FC(F)(F)C1N[CH]CS1. The summed E-state index contributed by atoms with van der Waals surface area (Å²) in [5.41, 5.74) is 0. The van der Waals surface area contributed by atoms with Crippen molar-refractivity contribution in [1.29, 1.82) is 0 Å². The first kappa shape index (κ1) is 7.21. The van der Waals surface area contributed by atoms with Crippen molar-refractivity contribution in [3.8, 4) is 0 Å². The van der Waals surface area contributed by atoms with Crippen molar-refractivity contribution in [2.24, 2.45) is 0 Å². The number of thioether (sulfide) groups is 1. The van der Waals surface area contributed by atoms with Crippen LogP contribution in [0.1, 0.15) is 0 Å². The summed E-state index contributed by atoms with van der Waals surface area (Å²) in [6, 6.07) is 0. The zero-order valence-electron chi connectivity index (χ0n) is 4.40. The van der Waals surface area contributed by atoms with Crippen LogP contribution in [0.4, 0.5) is 13.2 Å². The summed E-state index contributed by atoms with van der Waals surface area (Å²) in [4.78, 5) is 0. The molecule has 1 N–H and O–H groups in total. The molecule has 1 rings (SSSR count). The number of hydrogen-bond donors (Lipinski definition) is 1. The Kier molecular flexibility index (Phi) is 1.91. The van der Waals surface area contributed by atoms with Crippen LogP contribution in [0.25, 0.3) is 0 Å². The van der Waals surface area contributed by atoms with E-state index in [2.05, 4.69) is 5.32 Å². The zero-order valence-corrected chi connectivity index (χ0v) is 5.22. The summed E-state index contributed by atoms with van der Waals surface area (Å²) in [6.07, 6.45) is -4.10. The Morgan fingerprint density at radius 2 is 2.22 bits per heavy atom. The summed E-state index contributed by atoms with van der Waals surface area (Å²) < 4.78 is 35.0. The standard InChI is InChI=1S/C4H5F3NS/c5-4(6,7)3-8-1-2-9-3/h1,3,8H,2H2. The van der Waals surface area contributed by atoms with Gasteiger partial charge < -0.3 is 0 Å². The van der Waals surface area contributed by atoms with E-state index in [0.29, 0.717) is 5.75 Å². The maximum Gasteiger partial charge on any atom is 0.413 e. The predicted molar refractivity (Wildman–Crippen MR) is 29.7 cm³/mol. The van der Waals surface area contributed by atoms with Crippen molar-refractivity contribution in [2.45, 2.75) is 11.6 Å². The minimum absolute atomic E-state index is 0.435. The molecule has 1 aliphatic heterocycles. The maximum absolute atomic E-state index is 11.7. The fraction of sp³-hybridized carbons (Fsp3) is 0.750. The Balaban J connectivity index is 2.42. The van der Waals surface area contributed by atoms with E-state index >= 15 is 0 Å². The van der Waals surface area contributed by atoms with Gasteiger partial charge in [0.25, 0.3) is 0 Å². The Bertz CT molecular complexity index is 96.5. The van der Waals surface area contributed by atoms with Crippen molar-refractivity contribution in [2.75, 3.05) is 5.75 Å². The quantitative estimate of drug-likeness (QED) is 0.568. The molecule has 0 saturated carbocycles. The van der Waals surface area contributed by atoms with Crippen LogP contribution in [0.3, 0.4) is 0 Å². The highest BCUT2D eigenvalue weighted by molar-refractivity contribution is 8.00. The van der Waals surface area contributed by atoms with E-state index in [4.69, 9.17) is 0 Å². The fourth-order valence-corrected chi connectivity index (χ4v) is 1.30. The third kappa shape index (κ3) is 1.76. The summed E-state index contributed by atoms with van der Waals surface area (Å²) >= 11 is 0.858. The van der Waals surface area contributed by atoms with Gasteiger partial charge >= 0.3 is 6.18 Å². The Morgan fingerprint density at radius 1 is 1.56 bits per heavy atom. The molecule has 0 bridgehead atoms. The molecule has 1 saturated heterocycles. The smallest absolute Gasteiger partial charge is 0.293 e. The van der Waals surface area contributed by atoms with Gasteiger partial charge in [-0.25, -0.2) is 0 Å². The third-order valence-corrected chi connectivity index (χ3v) is 2.01. The topological polar surface area (TPSA) is 12.0 Å². The second kappa shape index (κ2) is 2.38. The Hall–Kier alpha value is 0.100. The molecule has 1 nitrogen and oxygen atoms in total. The lowest BCUT2D eigenvalue weighted by Gasteiger charge is -2.12. The van der Waals surface area contributed by atoms with Gasteiger partial charge in [0.05, 0.1) is 0 Å². The van der Waals surface area contributed by atoms with Crippen molar-refractivity contribution in [1.82, 2.24) is 5.32 Å². The van der Waals surface area contributed by atoms with Crippen LogP contribution in [-0.2, 0) is 0 Å². The van der Waals surface area contributed by atoms with Gasteiger partial charge in [0.2, 0.25) is 0 Å². The molecule has 53 valence electrons. The van der Waals surface area contributed by atoms with Gasteiger partial charge in [-0.1, -0.05) is 0 Å². The second-order valence-electron chi connectivity index (χ2n) is 1.63. The van der Waals surface area contributed by atoms with Crippen LogP contribution < -0.4 is 5.32 Å². The molecule has 0 aromatic heterocycles. The average molecular weight is 156 g/mol. The molecule has 1 unspecified atom stereocenters. The first-order valence-electron chi connectivity index (χ1n) is 2.37. The largest absolute Gasteiger partial charge is 0.413 e. The molecule has 0 aliphatic carbocycles. The second-order valence-corrected chi connectivity index (χ2v) is 2.76. The zero-order chi connectivity index (χ0) is 6.91. The van der Waals surface area contributed by atoms with Gasteiger partial charge in [-0.2, -0.15) is 13.2 Å². The van der Waals surface area contributed by atoms with Gasteiger partial charge in [0.1, 0.15) is 0 Å². The van der Waals surface area contributed by atoms with Crippen molar-refractivity contribution >= 4 is 11.8 Å². The van der Waals surface area contributed by atoms with Gasteiger partial charge in [0.15, 0.2) is 5.37 Å². The highest BCUT2D eigenvalue weighted by Gasteiger charge is 2.41. The molecule has 1 radical (unpaired) electrons. The fourth-order valence-electron chi connectivity index (χ4n) is 0.537. The molecule has 9 heavy (non-hydrogen) atoms. The van der Waals surface area contributed by atoms with Crippen LogP contribution in [-0.4, -0.2) is 17.3 Å². The molecule has 1 fully saturated rings. The summed E-state index contributed by atoms with van der Waals surface area (Å²) in [7, 11) is 0. The van der Waals surface area contributed by atoms with E-state index < -0.39 is 11.6 Å². The van der Waals surface area contributed by atoms with Crippen molar-refractivity contribution < 1.29 is 13.2 Å². The molecule has 1 heterocycles. The molecule has 0 aromatic rings. The highest BCUT2D eigenvalue weighted by Crippen LogP contribution is 2.31. The molecule has 0 aromatic carbocycles. The molecule has 0 spiro atoms. The van der Waals surface area contributed by atoms with Crippen LogP contribution in [0, 0.1) is 6.54 Å². The minimum atomic E-state index is -4.10. The first-order chi connectivity index (χ1) is 4.11. The summed E-state index contributed by atoms with van der Waals surface area (Å²) in [6.45, 7) is 1.42. The summed E-state index contributed by atoms with van der Waals surface area (Å²) in [5.74, 6) is 0.435. The predicted octanol–water partition coefficient (Wildman–Crippen LogP) is 1.37. The number of halogens is 3. The highest BCUT2D eigenvalue weighted by atomic mass is 32.2. The summed E-state index contributed by atoms with van der Waals surface area (Å²) in [5, 5.41) is 0.832. The number of hydrogen-bond acceptors (Lipinski definition) is 2. The number of rotatable bonds is 0. The average Bonchev–Trinajstić information content (AvgIpc) is 2.08. The van der Waals surface area contributed by atoms with Crippen molar-refractivity contribution in [3.63, 3.8) is 0 Å². The van der Waals surface area contributed by atoms with Crippen LogP contribution in [0.2, 0.25) is 0 Å². The molecule has 5 heteroatoms. The van der Waals surface area contributed by atoms with E-state index in [9.17, 15) is 13.2 Å². The van der Waals surface area contributed by atoms with Gasteiger partial charge in [-0.3, -0.25) is 5.32 Å². The molecular weight excluding hydrogens is 151 g/mol. The molecular formula is C4H5F3NS. The van der Waals surface area contributed by atoms with Crippen LogP contribution in [0.15, 0.2) is 0 Å². The normalized spacial score (nSPS) is 29.0. The Labute approximate surface area is 55.0 Å². The van der Waals surface area contributed by atoms with E-state index in [1.54, 1.807) is 0 Å². The van der Waals surface area contributed by atoms with Gasteiger partial charge in [-0.15, -0.1) is 11.8 Å².